The zero-order valence-electron chi connectivity index (χ0n) is 55.8. The third-order valence-corrected chi connectivity index (χ3v) is 8.52. The molecule has 2 aromatic heterocycles. The first-order valence-corrected chi connectivity index (χ1v) is 15.3. The van der Waals surface area contributed by atoms with Crippen LogP contribution in [0.3, 0.4) is 0 Å². The average molecular weight is 693 g/mol. The van der Waals surface area contributed by atoms with Gasteiger partial charge in [-0.1, -0.05) is 145 Å². The second-order valence-electron chi connectivity index (χ2n) is 11.3. The van der Waals surface area contributed by atoms with Crippen molar-refractivity contribution in [3.63, 3.8) is 0 Å². The Morgan fingerprint density at radius 2 is 0.788 bits per heavy atom. The van der Waals surface area contributed by atoms with Gasteiger partial charge >= 0.3 is 0 Å². The third kappa shape index (κ3) is 4.31. The van der Waals surface area contributed by atoms with Crippen LogP contribution in [0.5, 0.6) is 0 Å². The Kier molecular flexibility index (Phi) is 2.63. The molecule has 0 N–H and O–H groups in total. The molecule has 0 amide bonds. The molecule has 0 aliphatic rings. The van der Waals surface area contributed by atoms with E-state index >= 15 is 0 Å². The highest BCUT2D eigenvalue weighted by molar-refractivity contribution is 6.26. The van der Waals surface area contributed by atoms with Gasteiger partial charge in [-0.05, 0) is 102 Å². The fourth-order valence-corrected chi connectivity index (χ4v) is 6.40. The fourth-order valence-electron chi connectivity index (χ4n) is 6.40. The highest BCUT2D eigenvalue weighted by atomic mass is 16.3. The topological polar surface area (TPSA) is 26.3 Å². The van der Waals surface area contributed by atoms with Gasteiger partial charge in [0, 0.05) is 21.5 Å². The maximum absolute atomic E-state index is 9.98. The number of para-hydroxylation sites is 1. The highest BCUT2D eigenvalue weighted by Crippen LogP contribution is 2.47. The van der Waals surface area contributed by atoms with E-state index in [-0.39, 0.29) is 16.2 Å². The van der Waals surface area contributed by atoms with E-state index < -0.39 is 275 Å². The molecule has 0 bridgehead atoms. The standard InChI is InChI=1S/C50H30O2/c1-2-13-31(14-3-1)35-17-4-5-18-36(35)48-39-21-8-6-19-37(39)47(38-20-7-9-22-40(38)48)34-16-12-15-32(29-34)33-25-26-42-46(30-33)52-45-28-27-44-49(50(42)45)41-23-10-11-24-43(41)51-44/h1-30H/i1D,2D,3D,4D,5D,6D,7D,8D,9D,10D,11D,12D,13D,14D,15D,16D,17D,18D,19D,20D,21D,22D,23D,24D,25D,26D,27D,28D,29D,30D. The average Bonchev–Trinajstić information content (AvgIpc) is 2.26. The third-order valence-electron chi connectivity index (χ3n) is 8.52. The van der Waals surface area contributed by atoms with E-state index in [4.69, 9.17) is 32.1 Å². The molecular weight excluding hydrogens is 633 g/mol. The molecule has 0 aliphatic carbocycles. The van der Waals surface area contributed by atoms with Crippen LogP contribution in [-0.4, -0.2) is 0 Å². The smallest absolute Gasteiger partial charge is 0.136 e. The first-order chi connectivity index (χ1) is 38.3. The lowest BCUT2D eigenvalue weighted by atomic mass is 9.83. The molecule has 52 heavy (non-hydrogen) atoms. The number of hydrogen-bond donors (Lipinski definition) is 0. The van der Waals surface area contributed by atoms with E-state index in [2.05, 4.69) is 0 Å². The fraction of sp³-hybridized carbons (Fsp3) is 0. The van der Waals surface area contributed by atoms with E-state index in [1.807, 2.05) is 0 Å². The van der Waals surface area contributed by atoms with E-state index in [9.17, 15) is 17.8 Å². The molecule has 9 aromatic carbocycles. The minimum absolute atomic E-state index is 0.253. The van der Waals surface area contributed by atoms with Gasteiger partial charge < -0.3 is 8.83 Å². The van der Waals surface area contributed by atoms with Gasteiger partial charge in [0.05, 0.1) is 41.1 Å². The molecule has 11 aromatic rings. The lowest BCUT2D eigenvalue weighted by molar-refractivity contribution is 0.663. The van der Waals surface area contributed by atoms with Crippen molar-refractivity contribution in [2.24, 2.45) is 0 Å². The summed E-state index contributed by atoms with van der Waals surface area (Å²) in [5.41, 5.74) is -9.08. The van der Waals surface area contributed by atoms with Gasteiger partial charge in [0.1, 0.15) is 22.3 Å². The van der Waals surface area contributed by atoms with Crippen LogP contribution in [0.2, 0.25) is 0 Å². The highest BCUT2D eigenvalue weighted by Gasteiger charge is 2.20. The Morgan fingerprint density at radius 1 is 0.288 bits per heavy atom. The van der Waals surface area contributed by atoms with E-state index in [1.54, 1.807) is 0 Å². The van der Waals surface area contributed by atoms with Crippen LogP contribution in [-0.2, 0) is 0 Å². The minimum atomic E-state index is -1.13. The first-order valence-electron chi connectivity index (χ1n) is 30.3. The summed E-state index contributed by atoms with van der Waals surface area (Å²) < 4.78 is 283. The van der Waals surface area contributed by atoms with Crippen LogP contribution in [0.15, 0.2) is 190 Å². The zero-order chi connectivity index (χ0) is 60.3. The van der Waals surface area contributed by atoms with Crippen molar-refractivity contribution in [2.75, 3.05) is 0 Å². The number of hydrogen-bond acceptors (Lipinski definition) is 2. The Morgan fingerprint density at radius 3 is 1.50 bits per heavy atom. The summed E-state index contributed by atoms with van der Waals surface area (Å²) in [5.74, 6) is 0. The van der Waals surface area contributed by atoms with Crippen LogP contribution in [0, 0.1) is 0 Å². The summed E-state index contributed by atoms with van der Waals surface area (Å²) >= 11 is 0. The van der Waals surface area contributed by atoms with Crippen LogP contribution in [0.4, 0.5) is 0 Å². The Labute approximate surface area is 341 Å². The van der Waals surface area contributed by atoms with Gasteiger partial charge in [0.25, 0.3) is 0 Å². The lowest BCUT2D eigenvalue weighted by Gasteiger charge is -2.20. The van der Waals surface area contributed by atoms with Gasteiger partial charge in [0.2, 0.25) is 0 Å². The molecule has 0 atom stereocenters. The Bertz CT molecular complexity index is 4810. The number of fused-ring (bicyclic) bond motifs is 9. The number of furan rings is 2. The zero-order valence-corrected chi connectivity index (χ0v) is 25.8. The summed E-state index contributed by atoms with van der Waals surface area (Å²) in [7, 11) is 0. The molecule has 0 unspecified atom stereocenters. The largest absolute Gasteiger partial charge is 0.456 e. The molecule has 2 heteroatoms. The summed E-state index contributed by atoms with van der Waals surface area (Å²) in [6, 6.07) is -29.2. The van der Waals surface area contributed by atoms with Crippen LogP contribution in [0.25, 0.3) is 110 Å². The first kappa shape index (κ1) is 12.1. The molecule has 0 fully saturated rings. The summed E-state index contributed by atoms with van der Waals surface area (Å²) in [5, 5.41) is -4.69. The molecule has 0 aliphatic heterocycles. The minimum Gasteiger partial charge on any atom is -0.456 e. The maximum atomic E-state index is 9.98. The predicted octanol–water partition coefficient (Wildman–Crippen LogP) is 14.5. The summed E-state index contributed by atoms with van der Waals surface area (Å²) in [6.45, 7) is 0. The molecule has 0 radical (unpaired) electrons. The van der Waals surface area contributed by atoms with Crippen molar-refractivity contribution in [3.8, 4) is 44.5 Å². The van der Waals surface area contributed by atoms with E-state index in [0.717, 1.165) is 0 Å². The number of rotatable bonds is 4. The van der Waals surface area contributed by atoms with Gasteiger partial charge in [0.15, 0.2) is 0 Å². The quantitative estimate of drug-likeness (QED) is 0.172. The van der Waals surface area contributed by atoms with Crippen LogP contribution < -0.4 is 0 Å². The normalized spacial score (nSPS) is 19.9. The van der Waals surface area contributed by atoms with Crippen molar-refractivity contribution >= 4 is 65.4 Å². The number of benzene rings is 9. The molecule has 0 saturated heterocycles. The summed E-state index contributed by atoms with van der Waals surface area (Å²) in [4.78, 5) is 0. The van der Waals surface area contributed by atoms with Crippen molar-refractivity contribution < 1.29 is 50.0 Å². The van der Waals surface area contributed by atoms with Gasteiger partial charge in [-0.2, -0.15) is 0 Å². The Balaban J connectivity index is 1.36. The van der Waals surface area contributed by atoms with Gasteiger partial charge in [-0.15, -0.1) is 0 Å². The molecular formula is C50H30O2. The molecule has 0 saturated carbocycles. The SMILES string of the molecule is [2H]c1c([2H])c([2H])c(-c2c([2H])c([2H])c([2H])c([2H])c2-c2c3c([2H])c([2H])c([2H])c([2H])c3c(-c3c([2H])c([2H])c([2H])c(-c4c([2H])c([2H])c5c(oc6c([2H])c([2H])c7oc8c([2H])c([2H])c([2H])c([2H])c8c7c65)c4[2H])c3[2H])c3c([2H])c([2H])c([2H])c([2H])c23)c([2H])c1[2H]. The molecule has 11 rings (SSSR count). The predicted molar refractivity (Wildman–Crippen MR) is 218 cm³/mol. The van der Waals surface area contributed by atoms with E-state index in [0.29, 0.717) is 0 Å². The van der Waals surface area contributed by atoms with Crippen LogP contribution >= 0.6 is 0 Å². The molecule has 2 heterocycles. The lowest BCUT2D eigenvalue weighted by Crippen LogP contribution is -1.92. The van der Waals surface area contributed by atoms with Gasteiger partial charge in [-0.3, -0.25) is 0 Å². The monoisotopic (exact) mass is 692 g/mol. The van der Waals surface area contributed by atoms with Crippen molar-refractivity contribution in [2.45, 2.75) is 0 Å². The van der Waals surface area contributed by atoms with E-state index in [1.165, 1.54) is 0 Å². The second-order valence-corrected chi connectivity index (χ2v) is 11.3. The van der Waals surface area contributed by atoms with Crippen LogP contribution in [0.1, 0.15) is 41.1 Å². The molecule has 242 valence electrons. The molecule has 2 nitrogen and oxygen atoms in total. The Hall–Kier alpha value is -6.90. The molecule has 0 spiro atoms. The maximum Gasteiger partial charge on any atom is 0.136 e. The van der Waals surface area contributed by atoms with Gasteiger partial charge in [-0.25, -0.2) is 0 Å². The van der Waals surface area contributed by atoms with Crippen molar-refractivity contribution in [1.29, 1.82) is 0 Å². The van der Waals surface area contributed by atoms with Crippen molar-refractivity contribution in [3.05, 3.63) is 181 Å². The second kappa shape index (κ2) is 11.3. The van der Waals surface area contributed by atoms with Crippen molar-refractivity contribution in [1.82, 2.24) is 0 Å². The summed E-state index contributed by atoms with van der Waals surface area (Å²) in [6.07, 6.45) is 0.